The zero-order valence-electron chi connectivity index (χ0n) is 16.0. The van der Waals surface area contributed by atoms with Crippen molar-refractivity contribution in [2.45, 2.75) is 33.4 Å². The summed E-state index contributed by atoms with van der Waals surface area (Å²) in [6.07, 6.45) is 0. The van der Waals surface area contributed by atoms with Gasteiger partial charge in [0.2, 0.25) is 5.69 Å². The third kappa shape index (κ3) is 3.93. The molecule has 0 saturated heterocycles. The number of nitrogens with one attached hydrogen (secondary N) is 1. The molecule has 7 heteroatoms. The fraction of sp³-hybridized carbons (Fsp3) is 0.238. The summed E-state index contributed by atoms with van der Waals surface area (Å²) < 4.78 is 2.15. The largest absolute Gasteiger partial charge is 0.352 e. The number of benzene rings is 2. The minimum absolute atomic E-state index is 0.0572. The Bertz CT molecular complexity index is 1110. The van der Waals surface area contributed by atoms with Crippen molar-refractivity contribution in [2.75, 3.05) is 0 Å². The predicted octanol–water partition coefficient (Wildman–Crippen LogP) is 1.89. The summed E-state index contributed by atoms with van der Waals surface area (Å²) in [7, 11) is 0. The van der Waals surface area contributed by atoms with Crippen LogP contribution in [0.2, 0.25) is 0 Å². The smallest absolute Gasteiger partial charge is 0.348 e. The summed E-state index contributed by atoms with van der Waals surface area (Å²) in [6, 6.07) is 16.0. The van der Waals surface area contributed by atoms with Crippen LogP contribution in [0.3, 0.4) is 0 Å². The standard InChI is InChI=1S/C21H22N4O3/c1-14(2)22-19(26)18-20(27)24(13-16-10-8-7-9-15(16)3)21(28)25(23-18)17-11-5-4-6-12-17/h4-12,14H,13H2,1-3H3,(H,22,26). The van der Waals surface area contributed by atoms with Crippen LogP contribution in [0.5, 0.6) is 0 Å². The minimum Gasteiger partial charge on any atom is -0.348 e. The maximum absolute atomic E-state index is 13.0. The second-order valence-corrected chi connectivity index (χ2v) is 6.82. The molecule has 28 heavy (non-hydrogen) atoms. The lowest BCUT2D eigenvalue weighted by Crippen LogP contribution is -2.46. The van der Waals surface area contributed by atoms with Crippen molar-refractivity contribution in [3.05, 3.63) is 92.3 Å². The Kier molecular flexibility index (Phi) is 5.54. The van der Waals surface area contributed by atoms with Crippen molar-refractivity contribution in [3.8, 4) is 5.69 Å². The molecule has 3 rings (SSSR count). The van der Waals surface area contributed by atoms with Crippen LogP contribution in [0.1, 0.15) is 35.5 Å². The van der Waals surface area contributed by atoms with Crippen LogP contribution in [0.25, 0.3) is 5.69 Å². The van der Waals surface area contributed by atoms with E-state index in [-0.39, 0.29) is 18.3 Å². The van der Waals surface area contributed by atoms with E-state index in [2.05, 4.69) is 10.4 Å². The van der Waals surface area contributed by atoms with Crippen LogP contribution in [0, 0.1) is 6.92 Å². The first kappa shape index (κ1) is 19.3. The van der Waals surface area contributed by atoms with Gasteiger partial charge in [-0.15, -0.1) is 0 Å². The molecule has 0 bridgehead atoms. The van der Waals surface area contributed by atoms with Gasteiger partial charge in [0, 0.05) is 6.04 Å². The number of para-hydroxylation sites is 1. The van der Waals surface area contributed by atoms with E-state index in [9.17, 15) is 14.4 Å². The number of aryl methyl sites for hydroxylation is 1. The lowest BCUT2D eigenvalue weighted by Gasteiger charge is -2.14. The van der Waals surface area contributed by atoms with E-state index < -0.39 is 17.2 Å². The zero-order chi connectivity index (χ0) is 20.3. The summed E-state index contributed by atoms with van der Waals surface area (Å²) in [5.41, 5.74) is 0.627. The number of amides is 1. The Morgan fingerprint density at radius 2 is 1.68 bits per heavy atom. The summed E-state index contributed by atoms with van der Waals surface area (Å²) in [4.78, 5) is 38.5. The van der Waals surface area contributed by atoms with Gasteiger partial charge in [0.05, 0.1) is 12.2 Å². The van der Waals surface area contributed by atoms with Gasteiger partial charge < -0.3 is 5.32 Å². The van der Waals surface area contributed by atoms with Gasteiger partial charge in [-0.25, -0.2) is 4.79 Å². The Morgan fingerprint density at radius 1 is 1.04 bits per heavy atom. The molecular formula is C21H22N4O3. The lowest BCUT2D eigenvalue weighted by molar-refractivity contribution is 0.0933. The quantitative estimate of drug-likeness (QED) is 0.735. The van der Waals surface area contributed by atoms with Gasteiger partial charge in [-0.1, -0.05) is 42.5 Å². The topological polar surface area (TPSA) is 86.0 Å². The van der Waals surface area contributed by atoms with Crippen LogP contribution in [-0.2, 0) is 6.54 Å². The summed E-state index contributed by atoms with van der Waals surface area (Å²) in [6.45, 7) is 5.54. The van der Waals surface area contributed by atoms with E-state index in [1.807, 2.05) is 37.3 Å². The van der Waals surface area contributed by atoms with Crippen molar-refractivity contribution in [1.29, 1.82) is 0 Å². The van der Waals surface area contributed by atoms with E-state index in [0.717, 1.165) is 20.4 Å². The molecule has 0 aliphatic carbocycles. The monoisotopic (exact) mass is 378 g/mol. The SMILES string of the molecule is Cc1ccccc1Cn1c(=O)c(C(=O)NC(C)C)nn(-c2ccccc2)c1=O. The molecule has 7 nitrogen and oxygen atoms in total. The number of hydrogen-bond acceptors (Lipinski definition) is 4. The average molecular weight is 378 g/mol. The molecule has 0 radical (unpaired) electrons. The van der Waals surface area contributed by atoms with Crippen LogP contribution in [0.15, 0.2) is 64.2 Å². The van der Waals surface area contributed by atoms with Crippen LogP contribution in [0.4, 0.5) is 0 Å². The van der Waals surface area contributed by atoms with Crippen molar-refractivity contribution >= 4 is 5.91 Å². The van der Waals surface area contributed by atoms with Gasteiger partial charge >= 0.3 is 5.69 Å². The highest BCUT2D eigenvalue weighted by atomic mass is 16.2. The first-order valence-corrected chi connectivity index (χ1v) is 9.03. The highest BCUT2D eigenvalue weighted by Gasteiger charge is 2.21. The van der Waals surface area contributed by atoms with Crippen molar-refractivity contribution in [1.82, 2.24) is 19.7 Å². The van der Waals surface area contributed by atoms with E-state index in [1.165, 1.54) is 0 Å². The number of carbonyl (C=O) groups excluding carboxylic acids is 1. The Hall–Kier alpha value is -3.48. The molecular weight excluding hydrogens is 356 g/mol. The van der Waals surface area contributed by atoms with Gasteiger partial charge in [-0.05, 0) is 44.0 Å². The summed E-state index contributed by atoms with van der Waals surface area (Å²) >= 11 is 0. The average Bonchev–Trinajstić information content (AvgIpc) is 2.66. The normalized spacial score (nSPS) is 10.9. The van der Waals surface area contributed by atoms with E-state index in [4.69, 9.17) is 0 Å². The van der Waals surface area contributed by atoms with E-state index in [0.29, 0.717) is 5.69 Å². The van der Waals surface area contributed by atoms with Gasteiger partial charge in [0.1, 0.15) is 0 Å². The molecule has 1 heterocycles. The molecule has 3 aromatic rings. The van der Waals surface area contributed by atoms with Crippen LogP contribution < -0.4 is 16.6 Å². The first-order valence-electron chi connectivity index (χ1n) is 9.03. The molecule has 1 aromatic heterocycles. The highest BCUT2D eigenvalue weighted by molar-refractivity contribution is 5.91. The second kappa shape index (κ2) is 8.04. The van der Waals surface area contributed by atoms with Crippen molar-refractivity contribution < 1.29 is 4.79 Å². The molecule has 0 aliphatic heterocycles. The third-order valence-corrected chi connectivity index (χ3v) is 4.29. The fourth-order valence-corrected chi connectivity index (χ4v) is 2.82. The zero-order valence-corrected chi connectivity index (χ0v) is 16.0. The fourth-order valence-electron chi connectivity index (χ4n) is 2.82. The summed E-state index contributed by atoms with van der Waals surface area (Å²) in [5, 5.41) is 6.75. The molecule has 0 unspecified atom stereocenters. The highest BCUT2D eigenvalue weighted by Crippen LogP contribution is 2.08. The van der Waals surface area contributed by atoms with Gasteiger partial charge in [-0.2, -0.15) is 9.78 Å². The molecule has 1 N–H and O–H groups in total. The predicted molar refractivity (Wildman–Crippen MR) is 107 cm³/mol. The first-order chi connectivity index (χ1) is 13.4. The number of hydrogen-bond donors (Lipinski definition) is 1. The van der Waals surface area contributed by atoms with Crippen LogP contribution in [-0.4, -0.2) is 26.3 Å². The Labute approximate surface area is 162 Å². The van der Waals surface area contributed by atoms with E-state index >= 15 is 0 Å². The minimum atomic E-state index is -0.710. The van der Waals surface area contributed by atoms with Crippen LogP contribution >= 0.6 is 0 Å². The molecule has 144 valence electrons. The second-order valence-electron chi connectivity index (χ2n) is 6.82. The van der Waals surface area contributed by atoms with Crippen molar-refractivity contribution in [3.63, 3.8) is 0 Å². The maximum atomic E-state index is 13.0. The number of carbonyl (C=O) groups is 1. The molecule has 0 saturated carbocycles. The van der Waals surface area contributed by atoms with Gasteiger partial charge in [-0.3, -0.25) is 14.2 Å². The molecule has 0 fully saturated rings. The van der Waals surface area contributed by atoms with Crippen molar-refractivity contribution in [2.24, 2.45) is 0 Å². The molecule has 0 atom stereocenters. The lowest BCUT2D eigenvalue weighted by atomic mass is 10.1. The maximum Gasteiger partial charge on any atom is 0.352 e. The van der Waals surface area contributed by atoms with Gasteiger partial charge in [0.25, 0.3) is 11.5 Å². The Balaban J connectivity index is 2.22. The third-order valence-electron chi connectivity index (χ3n) is 4.29. The molecule has 2 aromatic carbocycles. The molecule has 0 spiro atoms. The van der Waals surface area contributed by atoms with Gasteiger partial charge in [0.15, 0.2) is 0 Å². The molecule has 1 amide bonds. The summed E-state index contributed by atoms with van der Waals surface area (Å²) in [5.74, 6) is -0.608. The Morgan fingerprint density at radius 3 is 2.32 bits per heavy atom. The number of rotatable bonds is 5. The molecule has 0 aliphatic rings. The van der Waals surface area contributed by atoms with E-state index in [1.54, 1.807) is 38.1 Å². The number of aromatic nitrogens is 3. The number of nitrogens with zero attached hydrogens (tertiary/aromatic N) is 3.